The van der Waals surface area contributed by atoms with E-state index in [2.05, 4.69) is 50.6 Å². The number of amides is 2. The van der Waals surface area contributed by atoms with Gasteiger partial charge < -0.3 is 14.8 Å². The van der Waals surface area contributed by atoms with Crippen LogP contribution in [-0.4, -0.2) is 50.1 Å². The highest BCUT2D eigenvalue weighted by molar-refractivity contribution is 6.87. The minimum absolute atomic E-state index is 0.0696. The molecule has 0 aromatic heterocycles. The van der Waals surface area contributed by atoms with E-state index in [-0.39, 0.29) is 24.6 Å². The maximum Gasteiger partial charge on any atom is 0.411 e. The van der Waals surface area contributed by atoms with Gasteiger partial charge in [0.05, 0.1) is 13.7 Å². The van der Waals surface area contributed by atoms with Crippen molar-refractivity contribution in [2.24, 2.45) is 0 Å². The van der Waals surface area contributed by atoms with Crippen LogP contribution < -0.4 is 5.32 Å². The molecular weight excluding hydrogens is 496 g/mol. The third kappa shape index (κ3) is 7.26. The molecule has 0 saturated carbocycles. The number of nitrogens with zero attached hydrogens (tertiary/aromatic N) is 1. The first-order valence-electron chi connectivity index (χ1n) is 12.9. The zero-order chi connectivity index (χ0) is 27.9. The van der Waals surface area contributed by atoms with Gasteiger partial charge >= 0.3 is 12.1 Å². The summed E-state index contributed by atoms with van der Waals surface area (Å²) in [5.74, 6) is 2.12. The number of carbonyl (C=O) groups is 3. The molecule has 0 unspecified atom stereocenters. The Bertz CT molecular complexity index is 1210. The van der Waals surface area contributed by atoms with Crippen LogP contribution >= 0.6 is 0 Å². The van der Waals surface area contributed by atoms with Crippen molar-refractivity contribution in [1.29, 1.82) is 0 Å². The molecule has 202 valence electrons. The van der Waals surface area contributed by atoms with E-state index in [1.54, 1.807) is 0 Å². The summed E-state index contributed by atoms with van der Waals surface area (Å²) < 4.78 is 10.5. The summed E-state index contributed by atoms with van der Waals surface area (Å²) >= 11 is 0. The van der Waals surface area contributed by atoms with Gasteiger partial charge in [0, 0.05) is 12.8 Å². The summed E-state index contributed by atoms with van der Waals surface area (Å²) in [6.07, 6.45) is -0.144. The highest BCUT2D eigenvalue weighted by atomic mass is 28.3. The van der Waals surface area contributed by atoms with Crippen LogP contribution in [0.5, 0.6) is 0 Å². The fourth-order valence-corrected chi connectivity index (χ4v) is 4.84. The summed E-state index contributed by atoms with van der Waals surface area (Å²) in [7, 11) is -0.602. The Hall–Kier alpha value is -3.57. The Morgan fingerprint density at radius 2 is 1.68 bits per heavy atom. The third-order valence-electron chi connectivity index (χ3n) is 7.38. The van der Waals surface area contributed by atoms with Crippen LogP contribution in [0.25, 0.3) is 0 Å². The van der Waals surface area contributed by atoms with E-state index in [4.69, 9.17) is 9.47 Å². The molecule has 0 saturated heterocycles. The summed E-state index contributed by atoms with van der Waals surface area (Å²) in [6, 6.07) is 15.3. The quantitative estimate of drug-likeness (QED) is 0.325. The Kier molecular flexibility index (Phi) is 9.39. The molecule has 8 heteroatoms. The first kappa shape index (κ1) is 29.0. The number of carbonyl (C=O) groups excluding carboxylic acids is 3. The molecule has 1 N–H and O–H groups in total. The van der Waals surface area contributed by atoms with E-state index in [0.717, 1.165) is 16.7 Å². The van der Waals surface area contributed by atoms with E-state index in [1.165, 1.54) is 12.0 Å². The van der Waals surface area contributed by atoms with Gasteiger partial charge in [-0.3, -0.25) is 9.69 Å². The normalized spacial score (nSPS) is 15.8. The van der Waals surface area contributed by atoms with Crippen molar-refractivity contribution < 1.29 is 23.9 Å². The number of hydrogen-bond acceptors (Lipinski definition) is 5. The average Bonchev–Trinajstić information content (AvgIpc) is 2.89. The van der Waals surface area contributed by atoms with Gasteiger partial charge in [-0.05, 0) is 21.7 Å². The van der Waals surface area contributed by atoms with Crippen molar-refractivity contribution in [1.82, 2.24) is 10.2 Å². The molecule has 0 radical (unpaired) electrons. The molecule has 0 fully saturated rings. The second kappa shape index (κ2) is 12.3. The lowest BCUT2D eigenvalue weighted by molar-refractivity contribution is -0.145. The molecule has 7 nitrogen and oxygen atoms in total. The Morgan fingerprint density at radius 3 is 2.32 bits per heavy atom. The SMILES string of the molecule is COC(=O)[C@@H](CC#C[Si](C)(C)C(C)(C)C)NC(=O)[C@@H]1Cc2ccccc2CN1C(=O)OCc1ccccc1. The third-order valence-corrected chi connectivity index (χ3v) is 11.9. The standard InChI is InChI=1S/C30H38N2O5Si/c1-30(2,3)38(5,6)18-12-17-25(28(34)36-4)31-27(33)26-19-23-15-10-11-16-24(23)20-32(26)29(35)37-21-22-13-8-7-9-14-22/h7-11,13-16,25-26H,17,19-21H2,1-6H3,(H,31,33)/t25-,26+/m1/s1. The molecule has 1 aliphatic heterocycles. The number of benzene rings is 2. The average molecular weight is 535 g/mol. The van der Waals surface area contributed by atoms with Gasteiger partial charge in [-0.2, -0.15) is 0 Å². The lowest BCUT2D eigenvalue weighted by Crippen LogP contribution is -2.55. The largest absolute Gasteiger partial charge is 0.467 e. The minimum Gasteiger partial charge on any atom is -0.467 e. The monoisotopic (exact) mass is 534 g/mol. The number of ether oxygens (including phenoxy) is 2. The van der Waals surface area contributed by atoms with Gasteiger partial charge in [-0.1, -0.05) is 88.5 Å². The van der Waals surface area contributed by atoms with E-state index in [1.807, 2.05) is 54.6 Å². The van der Waals surface area contributed by atoms with Crippen molar-refractivity contribution in [3.63, 3.8) is 0 Å². The van der Waals surface area contributed by atoms with E-state index >= 15 is 0 Å². The van der Waals surface area contributed by atoms with Gasteiger partial charge in [-0.15, -0.1) is 11.5 Å². The summed E-state index contributed by atoms with van der Waals surface area (Å²) in [4.78, 5) is 40.7. The molecule has 1 aliphatic rings. The highest BCUT2D eigenvalue weighted by Gasteiger charge is 2.37. The van der Waals surface area contributed by atoms with Gasteiger partial charge in [0.2, 0.25) is 5.91 Å². The molecule has 0 aliphatic carbocycles. The molecule has 0 bridgehead atoms. The van der Waals surface area contributed by atoms with Crippen LogP contribution in [0.4, 0.5) is 4.79 Å². The molecule has 3 rings (SSSR count). The fraction of sp³-hybridized carbons (Fsp3) is 0.433. The van der Waals surface area contributed by atoms with Gasteiger partial charge in [0.1, 0.15) is 26.8 Å². The van der Waals surface area contributed by atoms with Crippen molar-refractivity contribution in [2.45, 2.75) is 77.0 Å². The van der Waals surface area contributed by atoms with Crippen LogP contribution in [0.3, 0.4) is 0 Å². The van der Waals surface area contributed by atoms with Crippen LogP contribution in [0, 0.1) is 11.5 Å². The predicted octanol–water partition coefficient (Wildman–Crippen LogP) is 4.85. The van der Waals surface area contributed by atoms with Gasteiger partial charge in [-0.25, -0.2) is 9.59 Å². The van der Waals surface area contributed by atoms with Crippen molar-refractivity contribution in [2.75, 3.05) is 7.11 Å². The van der Waals surface area contributed by atoms with E-state index < -0.39 is 38.1 Å². The zero-order valence-corrected chi connectivity index (χ0v) is 24.2. The minimum atomic E-state index is -1.89. The molecule has 2 aromatic carbocycles. The molecule has 38 heavy (non-hydrogen) atoms. The molecule has 2 atom stereocenters. The lowest BCUT2D eigenvalue weighted by Gasteiger charge is -2.35. The number of methoxy groups -OCH3 is 1. The van der Waals surface area contributed by atoms with Crippen LogP contribution in [0.15, 0.2) is 54.6 Å². The van der Waals surface area contributed by atoms with Crippen LogP contribution in [0.1, 0.15) is 43.9 Å². The number of rotatable bonds is 6. The number of fused-ring (bicyclic) bond motifs is 1. The van der Waals surface area contributed by atoms with Gasteiger partial charge in [0.25, 0.3) is 0 Å². The Morgan fingerprint density at radius 1 is 1.05 bits per heavy atom. The number of esters is 1. The molecule has 2 aromatic rings. The van der Waals surface area contributed by atoms with E-state index in [0.29, 0.717) is 6.42 Å². The predicted molar refractivity (Wildman–Crippen MR) is 150 cm³/mol. The lowest BCUT2D eigenvalue weighted by atomic mass is 9.93. The maximum atomic E-state index is 13.5. The van der Waals surface area contributed by atoms with Crippen molar-refractivity contribution in [3.8, 4) is 11.5 Å². The zero-order valence-electron chi connectivity index (χ0n) is 23.2. The molecule has 1 heterocycles. The number of hydrogen-bond donors (Lipinski definition) is 1. The highest BCUT2D eigenvalue weighted by Crippen LogP contribution is 2.35. The number of nitrogens with one attached hydrogen (secondary N) is 1. The summed E-state index contributed by atoms with van der Waals surface area (Å²) in [5, 5.41) is 2.87. The van der Waals surface area contributed by atoms with Crippen molar-refractivity contribution in [3.05, 3.63) is 71.3 Å². The topological polar surface area (TPSA) is 84.9 Å². The maximum absolute atomic E-state index is 13.5. The molecule has 2 amide bonds. The second-order valence-electron chi connectivity index (χ2n) is 11.1. The smallest absolute Gasteiger partial charge is 0.411 e. The van der Waals surface area contributed by atoms with Crippen LogP contribution in [0.2, 0.25) is 18.1 Å². The van der Waals surface area contributed by atoms with Crippen LogP contribution in [-0.2, 0) is 38.6 Å². The second-order valence-corrected chi connectivity index (χ2v) is 16.1. The summed E-state index contributed by atoms with van der Waals surface area (Å²) in [5.41, 5.74) is 6.17. The van der Waals surface area contributed by atoms with Gasteiger partial charge in [0.15, 0.2) is 0 Å². The first-order chi connectivity index (χ1) is 17.9. The Balaban J connectivity index is 1.79. The van der Waals surface area contributed by atoms with Crippen molar-refractivity contribution >= 4 is 26.0 Å². The molecule has 0 spiro atoms. The molecular formula is C30H38N2O5Si. The first-order valence-corrected chi connectivity index (χ1v) is 15.9. The summed E-state index contributed by atoms with van der Waals surface area (Å²) in [6.45, 7) is 11.2. The van der Waals surface area contributed by atoms with E-state index in [9.17, 15) is 14.4 Å². The Labute approximate surface area is 226 Å². The fourth-order valence-electron chi connectivity index (χ4n) is 3.92.